The second-order valence-corrected chi connectivity index (χ2v) is 4.58. The minimum absolute atomic E-state index is 0. The van der Waals surface area contributed by atoms with Gasteiger partial charge in [-0.15, -0.1) is 24.8 Å². The lowest BCUT2D eigenvalue weighted by Crippen LogP contribution is -2.27. The maximum absolute atomic E-state index is 4.59. The van der Waals surface area contributed by atoms with Crippen LogP contribution in [-0.2, 0) is 0 Å². The molecule has 3 heterocycles. The Morgan fingerprint density at radius 3 is 2.52 bits per heavy atom. The molecular formula is C13H18Cl2N6. The van der Waals surface area contributed by atoms with Gasteiger partial charge in [-0.2, -0.15) is 0 Å². The first-order valence-corrected chi connectivity index (χ1v) is 6.47. The van der Waals surface area contributed by atoms with Crippen molar-refractivity contribution in [3.63, 3.8) is 0 Å². The number of anilines is 2. The Labute approximate surface area is 136 Å². The third-order valence-corrected chi connectivity index (χ3v) is 3.25. The highest BCUT2D eigenvalue weighted by Gasteiger charge is 2.16. The highest BCUT2D eigenvalue weighted by atomic mass is 35.5. The Bertz CT molecular complexity index is 533. The molecule has 8 heteroatoms. The van der Waals surface area contributed by atoms with Crippen LogP contribution in [0.5, 0.6) is 0 Å². The zero-order valence-electron chi connectivity index (χ0n) is 11.4. The quantitative estimate of drug-likeness (QED) is 0.900. The summed E-state index contributed by atoms with van der Waals surface area (Å²) in [5.41, 5.74) is 1.90. The Morgan fingerprint density at radius 2 is 1.81 bits per heavy atom. The zero-order chi connectivity index (χ0) is 12.9. The van der Waals surface area contributed by atoms with Crippen molar-refractivity contribution < 1.29 is 0 Å². The fraction of sp³-hybridized carbons (Fsp3) is 0.385. The monoisotopic (exact) mass is 328 g/mol. The maximum Gasteiger partial charge on any atom is 0.227 e. The summed E-state index contributed by atoms with van der Waals surface area (Å²) >= 11 is 0. The van der Waals surface area contributed by atoms with Gasteiger partial charge in [0, 0.05) is 17.8 Å². The second-order valence-electron chi connectivity index (χ2n) is 4.58. The lowest BCUT2D eigenvalue weighted by molar-refractivity contribution is 0.453. The summed E-state index contributed by atoms with van der Waals surface area (Å²) in [5.74, 6) is 1.13. The molecule has 2 aromatic rings. The molecule has 0 saturated carbocycles. The molecule has 0 bridgehead atoms. The predicted molar refractivity (Wildman–Crippen MR) is 86.7 cm³/mol. The number of nitrogens with zero attached hydrogens (tertiary/aromatic N) is 4. The number of hydrogen-bond acceptors (Lipinski definition) is 6. The van der Waals surface area contributed by atoms with Crippen molar-refractivity contribution in [2.75, 3.05) is 18.4 Å². The minimum atomic E-state index is 0. The highest BCUT2D eigenvalue weighted by molar-refractivity contribution is 5.85. The molecule has 1 aliphatic rings. The fourth-order valence-corrected chi connectivity index (χ4v) is 2.27. The largest absolute Gasteiger partial charge is 0.322 e. The van der Waals surface area contributed by atoms with Gasteiger partial charge in [-0.1, -0.05) is 0 Å². The maximum atomic E-state index is 4.59. The first-order valence-electron chi connectivity index (χ1n) is 6.47. The lowest BCUT2D eigenvalue weighted by Gasteiger charge is -2.22. The minimum Gasteiger partial charge on any atom is -0.322 e. The van der Waals surface area contributed by atoms with E-state index < -0.39 is 0 Å². The van der Waals surface area contributed by atoms with Crippen molar-refractivity contribution >= 4 is 36.4 Å². The van der Waals surface area contributed by atoms with E-state index >= 15 is 0 Å². The van der Waals surface area contributed by atoms with Crippen LogP contribution in [0, 0.1) is 0 Å². The van der Waals surface area contributed by atoms with Crippen molar-refractivity contribution in [3.05, 3.63) is 36.7 Å². The van der Waals surface area contributed by atoms with E-state index in [1.165, 1.54) is 6.33 Å². The lowest BCUT2D eigenvalue weighted by atomic mass is 9.94. The Hall–Kier alpha value is -1.50. The predicted octanol–water partition coefficient (Wildman–Crippen LogP) is 2.32. The van der Waals surface area contributed by atoms with E-state index in [1.54, 1.807) is 18.6 Å². The number of nitrogens with one attached hydrogen (secondary N) is 2. The van der Waals surface area contributed by atoms with Crippen LogP contribution < -0.4 is 10.6 Å². The third kappa shape index (κ3) is 4.77. The number of rotatable bonds is 3. The summed E-state index contributed by atoms with van der Waals surface area (Å²) in [6.07, 6.45) is 8.96. The molecule has 0 aliphatic carbocycles. The van der Waals surface area contributed by atoms with E-state index in [9.17, 15) is 0 Å². The van der Waals surface area contributed by atoms with Crippen molar-refractivity contribution in [2.24, 2.45) is 0 Å². The molecule has 1 fully saturated rings. The summed E-state index contributed by atoms with van der Waals surface area (Å²) < 4.78 is 0. The summed E-state index contributed by atoms with van der Waals surface area (Å²) in [6, 6.07) is 2.00. The van der Waals surface area contributed by atoms with Crippen LogP contribution in [0.2, 0.25) is 0 Å². The van der Waals surface area contributed by atoms with Crippen LogP contribution in [0.1, 0.15) is 24.5 Å². The molecule has 3 rings (SSSR count). The number of piperidine rings is 1. The summed E-state index contributed by atoms with van der Waals surface area (Å²) in [4.78, 5) is 16.7. The molecule has 0 aromatic carbocycles. The Morgan fingerprint density at radius 1 is 1.10 bits per heavy atom. The molecule has 114 valence electrons. The van der Waals surface area contributed by atoms with Crippen LogP contribution in [0.15, 0.2) is 31.0 Å². The van der Waals surface area contributed by atoms with Crippen molar-refractivity contribution in [1.82, 2.24) is 25.3 Å². The molecule has 0 atom stereocenters. The molecule has 21 heavy (non-hydrogen) atoms. The van der Waals surface area contributed by atoms with Gasteiger partial charge < -0.3 is 10.6 Å². The second kappa shape index (κ2) is 8.71. The van der Waals surface area contributed by atoms with E-state index in [0.717, 1.165) is 37.3 Å². The molecule has 2 N–H and O–H groups in total. The van der Waals surface area contributed by atoms with E-state index in [-0.39, 0.29) is 24.8 Å². The van der Waals surface area contributed by atoms with Gasteiger partial charge in [0.1, 0.15) is 6.33 Å². The Kier molecular flexibility index (Phi) is 7.28. The van der Waals surface area contributed by atoms with Gasteiger partial charge >= 0.3 is 0 Å². The molecule has 0 spiro atoms. The normalized spacial score (nSPS) is 14.7. The Balaban J connectivity index is 0.00000110. The van der Waals surface area contributed by atoms with E-state index in [4.69, 9.17) is 0 Å². The SMILES string of the molecule is Cl.Cl.c1ncc(Nc2nccc(C3CCNCC3)n2)cn1. The van der Waals surface area contributed by atoms with Gasteiger partial charge in [0.15, 0.2) is 0 Å². The molecule has 1 aliphatic heterocycles. The van der Waals surface area contributed by atoms with Crippen LogP contribution in [0.3, 0.4) is 0 Å². The number of halogens is 2. The van der Waals surface area contributed by atoms with Gasteiger partial charge in [0.25, 0.3) is 0 Å². The molecular weight excluding hydrogens is 311 g/mol. The van der Waals surface area contributed by atoms with E-state index in [2.05, 4.69) is 30.6 Å². The molecule has 0 radical (unpaired) electrons. The summed E-state index contributed by atoms with van der Waals surface area (Å²) in [7, 11) is 0. The van der Waals surface area contributed by atoms with Gasteiger partial charge in [-0.3, -0.25) is 0 Å². The summed E-state index contributed by atoms with van der Waals surface area (Å²) in [5, 5.41) is 6.48. The van der Waals surface area contributed by atoms with Gasteiger partial charge in [0.05, 0.1) is 18.1 Å². The molecule has 2 aromatic heterocycles. The highest BCUT2D eigenvalue weighted by Crippen LogP contribution is 2.24. The van der Waals surface area contributed by atoms with Crippen LogP contribution in [-0.4, -0.2) is 33.0 Å². The van der Waals surface area contributed by atoms with E-state index in [1.807, 2.05) is 6.07 Å². The first-order chi connectivity index (χ1) is 9.42. The van der Waals surface area contributed by atoms with Crippen molar-refractivity contribution in [3.8, 4) is 0 Å². The molecule has 0 unspecified atom stereocenters. The number of hydrogen-bond donors (Lipinski definition) is 2. The fourth-order valence-electron chi connectivity index (χ4n) is 2.27. The number of aromatic nitrogens is 4. The van der Waals surface area contributed by atoms with Crippen LogP contribution in [0.4, 0.5) is 11.6 Å². The first kappa shape index (κ1) is 17.6. The topological polar surface area (TPSA) is 75.6 Å². The van der Waals surface area contributed by atoms with E-state index in [0.29, 0.717) is 11.9 Å². The van der Waals surface area contributed by atoms with Gasteiger partial charge in [-0.25, -0.2) is 19.9 Å². The average molecular weight is 329 g/mol. The van der Waals surface area contributed by atoms with Gasteiger partial charge in [0.2, 0.25) is 5.95 Å². The zero-order valence-corrected chi connectivity index (χ0v) is 13.0. The molecule has 0 amide bonds. The van der Waals surface area contributed by atoms with Gasteiger partial charge in [-0.05, 0) is 32.0 Å². The summed E-state index contributed by atoms with van der Waals surface area (Å²) in [6.45, 7) is 2.12. The van der Waals surface area contributed by atoms with Crippen LogP contribution in [0.25, 0.3) is 0 Å². The average Bonchev–Trinajstić information content (AvgIpc) is 2.49. The van der Waals surface area contributed by atoms with Crippen LogP contribution >= 0.6 is 24.8 Å². The standard InChI is InChI=1S/C13H16N6.2ClH/c1-4-14-5-2-10(1)12-3-6-17-13(19-12)18-11-7-15-9-16-8-11;;/h3,6-10,14H,1-2,4-5H2,(H,17,18,19);2*1H. The van der Waals surface area contributed by atoms with Crippen molar-refractivity contribution in [2.45, 2.75) is 18.8 Å². The third-order valence-electron chi connectivity index (χ3n) is 3.25. The molecule has 1 saturated heterocycles. The smallest absolute Gasteiger partial charge is 0.227 e. The molecule has 6 nitrogen and oxygen atoms in total. The van der Waals surface area contributed by atoms with Crippen molar-refractivity contribution in [1.29, 1.82) is 0 Å².